The van der Waals surface area contributed by atoms with E-state index in [0.29, 0.717) is 17.7 Å². The van der Waals surface area contributed by atoms with Crippen molar-refractivity contribution in [3.8, 4) is 0 Å². The molecule has 0 unspecified atom stereocenters. The second kappa shape index (κ2) is 4.87. The van der Waals surface area contributed by atoms with Crippen LogP contribution in [0.25, 0.3) is 0 Å². The van der Waals surface area contributed by atoms with E-state index in [2.05, 4.69) is 0 Å². The number of amides is 1. The minimum Gasteiger partial charge on any atom is -0.366 e. The van der Waals surface area contributed by atoms with Gasteiger partial charge in [-0.25, -0.2) is 0 Å². The van der Waals surface area contributed by atoms with E-state index in [1.807, 2.05) is 12.1 Å². The molecular weight excluding hydrogens is 228 g/mol. The highest BCUT2D eigenvalue weighted by molar-refractivity contribution is 5.92. The Hall–Kier alpha value is -2.36. The van der Waals surface area contributed by atoms with Crippen LogP contribution < -0.4 is 11.3 Å². The van der Waals surface area contributed by atoms with E-state index in [0.717, 1.165) is 5.56 Å². The van der Waals surface area contributed by atoms with Gasteiger partial charge in [0.1, 0.15) is 0 Å². The molecule has 1 amide bonds. The fourth-order valence-corrected chi connectivity index (χ4v) is 1.80. The van der Waals surface area contributed by atoms with Crippen LogP contribution in [0, 0.1) is 6.92 Å². The van der Waals surface area contributed by atoms with Crippen LogP contribution in [0.2, 0.25) is 0 Å². The molecule has 0 spiro atoms. The van der Waals surface area contributed by atoms with Gasteiger partial charge in [-0.2, -0.15) is 0 Å². The van der Waals surface area contributed by atoms with Crippen LogP contribution in [0.5, 0.6) is 0 Å². The molecule has 18 heavy (non-hydrogen) atoms. The summed E-state index contributed by atoms with van der Waals surface area (Å²) in [5.41, 5.74) is 7.22. The fourth-order valence-electron chi connectivity index (χ4n) is 1.80. The number of nitrogens with two attached hydrogens (primary N) is 1. The number of pyridine rings is 1. The Kier molecular flexibility index (Phi) is 3.28. The molecular formula is C14H14N2O2. The molecule has 4 heteroatoms. The van der Waals surface area contributed by atoms with Crippen molar-refractivity contribution in [1.29, 1.82) is 0 Å². The van der Waals surface area contributed by atoms with E-state index in [-0.39, 0.29) is 5.56 Å². The molecule has 0 aliphatic rings. The molecule has 0 aliphatic heterocycles. The lowest BCUT2D eigenvalue weighted by Crippen LogP contribution is -2.21. The SMILES string of the molecule is Cc1cccn(Cc2cccc(C(N)=O)c2)c1=O. The largest absolute Gasteiger partial charge is 0.366 e. The highest BCUT2D eigenvalue weighted by Crippen LogP contribution is 2.06. The Balaban J connectivity index is 2.34. The monoisotopic (exact) mass is 242 g/mol. The van der Waals surface area contributed by atoms with E-state index in [1.54, 1.807) is 42.0 Å². The molecule has 0 bridgehead atoms. The van der Waals surface area contributed by atoms with Gasteiger partial charge in [-0.1, -0.05) is 18.2 Å². The summed E-state index contributed by atoms with van der Waals surface area (Å²) in [6, 6.07) is 10.6. The standard InChI is InChI=1S/C14H14N2O2/c1-10-4-3-7-16(14(10)18)9-11-5-2-6-12(8-11)13(15)17/h2-8H,9H2,1H3,(H2,15,17). The van der Waals surface area contributed by atoms with Crippen molar-refractivity contribution in [2.45, 2.75) is 13.5 Å². The molecule has 0 fully saturated rings. The first-order valence-corrected chi connectivity index (χ1v) is 5.63. The number of aromatic nitrogens is 1. The summed E-state index contributed by atoms with van der Waals surface area (Å²) in [4.78, 5) is 22.9. The van der Waals surface area contributed by atoms with Gasteiger partial charge in [0.05, 0.1) is 6.54 Å². The predicted molar refractivity (Wildman–Crippen MR) is 69.5 cm³/mol. The lowest BCUT2D eigenvalue weighted by molar-refractivity contribution is 0.1000. The number of hydrogen-bond donors (Lipinski definition) is 1. The molecule has 2 aromatic rings. The molecule has 0 atom stereocenters. The fraction of sp³-hybridized carbons (Fsp3) is 0.143. The number of benzene rings is 1. The number of carbonyl (C=O) groups excluding carboxylic acids is 1. The van der Waals surface area contributed by atoms with Gasteiger partial charge in [-0.05, 0) is 30.7 Å². The summed E-state index contributed by atoms with van der Waals surface area (Å²) in [6.07, 6.45) is 1.73. The Morgan fingerprint density at radius 3 is 2.78 bits per heavy atom. The second-order valence-corrected chi connectivity index (χ2v) is 4.19. The van der Waals surface area contributed by atoms with Crippen molar-refractivity contribution in [3.05, 3.63) is 69.6 Å². The second-order valence-electron chi connectivity index (χ2n) is 4.19. The van der Waals surface area contributed by atoms with Crippen LogP contribution in [0.15, 0.2) is 47.4 Å². The zero-order valence-corrected chi connectivity index (χ0v) is 10.1. The van der Waals surface area contributed by atoms with E-state index >= 15 is 0 Å². The molecule has 2 N–H and O–H groups in total. The van der Waals surface area contributed by atoms with Crippen molar-refractivity contribution in [2.75, 3.05) is 0 Å². The van der Waals surface area contributed by atoms with E-state index in [4.69, 9.17) is 5.73 Å². The summed E-state index contributed by atoms with van der Waals surface area (Å²) in [5, 5.41) is 0. The van der Waals surface area contributed by atoms with E-state index < -0.39 is 5.91 Å². The number of hydrogen-bond acceptors (Lipinski definition) is 2. The van der Waals surface area contributed by atoms with Crippen LogP contribution in [-0.4, -0.2) is 10.5 Å². The highest BCUT2D eigenvalue weighted by Gasteiger charge is 2.03. The summed E-state index contributed by atoms with van der Waals surface area (Å²) in [6.45, 7) is 2.21. The Labute approximate surface area is 105 Å². The number of primary amides is 1. The van der Waals surface area contributed by atoms with Crippen LogP contribution in [-0.2, 0) is 6.54 Å². The predicted octanol–water partition coefficient (Wildman–Crippen LogP) is 1.30. The molecule has 4 nitrogen and oxygen atoms in total. The van der Waals surface area contributed by atoms with Gasteiger partial charge in [0.2, 0.25) is 5.91 Å². The summed E-state index contributed by atoms with van der Waals surface area (Å²) in [5.74, 6) is -0.464. The molecule has 0 aliphatic carbocycles. The maximum Gasteiger partial charge on any atom is 0.253 e. The summed E-state index contributed by atoms with van der Waals surface area (Å²) in [7, 11) is 0. The lowest BCUT2D eigenvalue weighted by Gasteiger charge is -2.07. The minimum atomic E-state index is -0.464. The molecule has 1 aromatic carbocycles. The normalized spacial score (nSPS) is 10.3. The van der Waals surface area contributed by atoms with Crippen molar-refractivity contribution in [3.63, 3.8) is 0 Å². The third-order valence-electron chi connectivity index (χ3n) is 2.77. The van der Waals surface area contributed by atoms with Crippen molar-refractivity contribution < 1.29 is 4.79 Å². The molecule has 92 valence electrons. The molecule has 0 radical (unpaired) electrons. The minimum absolute atomic E-state index is 0.0259. The van der Waals surface area contributed by atoms with Crippen LogP contribution >= 0.6 is 0 Å². The number of carbonyl (C=O) groups is 1. The van der Waals surface area contributed by atoms with Gasteiger partial charge >= 0.3 is 0 Å². The first kappa shape index (κ1) is 12.1. The number of aryl methyl sites for hydroxylation is 1. The lowest BCUT2D eigenvalue weighted by atomic mass is 10.1. The number of nitrogens with zero attached hydrogens (tertiary/aromatic N) is 1. The number of rotatable bonds is 3. The van der Waals surface area contributed by atoms with E-state index in [1.165, 1.54) is 0 Å². The molecule has 1 heterocycles. The van der Waals surface area contributed by atoms with Crippen LogP contribution in [0.4, 0.5) is 0 Å². The molecule has 1 aromatic heterocycles. The third-order valence-corrected chi connectivity index (χ3v) is 2.77. The Morgan fingerprint density at radius 1 is 1.28 bits per heavy atom. The van der Waals surface area contributed by atoms with Gasteiger partial charge < -0.3 is 10.3 Å². The smallest absolute Gasteiger partial charge is 0.253 e. The van der Waals surface area contributed by atoms with Gasteiger partial charge in [0.15, 0.2) is 0 Å². The van der Waals surface area contributed by atoms with Crippen molar-refractivity contribution in [1.82, 2.24) is 4.57 Å². The topological polar surface area (TPSA) is 65.1 Å². The van der Waals surface area contributed by atoms with Crippen LogP contribution in [0.3, 0.4) is 0 Å². The zero-order chi connectivity index (χ0) is 13.1. The first-order chi connectivity index (χ1) is 8.58. The molecule has 0 saturated carbocycles. The average Bonchev–Trinajstić information content (AvgIpc) is 2.35. The van der Waals surface area contributed by atoms with Gasteiger partial charge in [-0.15, -0.1) is 0 Å². The Bertz CT molecular complexity index is 644. The van der Waals surface area contributed by atoms with E-state index in [9.17, 15) is 9.59 Å². The average molecular weight is 242 g/mol. The summed E-state index contributed by atoms with van der Waals surface area (Å²) >= 11 is 0. The van der Waals surface area contributed by atoms with Crippen LogP contribution in [0.1, 0.15) is 21.5 Å². The Morgan fingerprint density at radius 2 is 2.06 bits per heavy atom. The van der Waals surface area contributed by atoms with Gasteiger partial charge in [-0.3, -0.25) is 9.59 Å². The summed E-state index contributed by atoms with van der Waals surface area (Å²) < 4.78 is 1.61. The van der Waals surface area contributed by atoms with Crippen molar-refractivity contribution >= 4 is 5.91 Å². The van der Waals surface area contributed by atoms with Gasteiger partial charge in [0, 0.05) is 17.3 Å². The molecule has 0 saturated heterocycles. The third kappa shape index (κ3) is 2.48. The maximum absolute atomic E-state index is 11.9. The maximum atomic E-state index is 11.9. The first-order valence-electron chi connectivity index (χ1n) is 5.63. The molecule has 2 rings (SSSR count). The zero-order valence-electron chi connectivity index (χ0n) is 10.1. The highest BCUT2D eigenvalue weighted by atomic mass is 16.1. The van der Waals surface area contributed by atoms with Gasteiger partial charge in [0.25, 0.3) is 5.56 Å². The van der Waals surface area contributed by atoms with Crippen molar-refractivity contribution in [2.24, 2.45) is 5.73 Å². The quantitative estimate of drug-likeness (QED) is 0.881.